The summed E-state index contributed by atoms with van der Waals surface area (Å²) in [6, 6.07) is 9.75. The zero-order chi connectivity index (χ0) is 17.1. The van der Waals surface area contributed by atoms with Gasteiger partial charge in [0.2, 0.25) is 0 Å². The Labute approximate surface area is 135 Å². The zero-order valence-corrected chi connectivity index (χ0v) is 12.2. The number of hydrogen-bond acceptors (Lipinski definition) is 4. The summed E-state index contributed by atoms with van der Waals surface area (Å²) < 4.78 is 15.6. The number of imidazole rings is 1. The molecule has 0 aliphatic carbocycles. The number of nitro groups is 1. The van der Waals surface area contributed by atoms with E-state index in [1.54, 1.807) is 47.6 Å². The number of aromatic nitrogens is 2. The first-order valence-corrected chi connectivity index (χ1v) is 6.88. The second-order valence-corrected chi connectivity index (χ2v) is 4.89. The Balaban J connectivity index is 1.76. The number of carbonyl (C=O) groups excluding carboxylic acids is 1. The number of nitrogens with zero attached hydrogens (tertiary/aromatic N) is 3. The van der Waals surface area contributed by atoms with Gasteiger partial charge >= 0.3 is 0 Å². The summed E-state index contributed by atoms with van der Waals surface area (Å²) in [7, 11) is 0. The molecular formula is C16H11FN4O3. The molecule has 1 N–H and O–H groups in total. The lowest BCUT2D eigenvalue weighted by atomic mass is 10.1. The van der Waals surface area contributed by atoms with Gasteiger partial charge in [-0.15, -0.1) is 0 Å². The van der Waals surface area contributed by atoms with Gasteiger partial charge < -0.3 is 9.88 Å². The van der Waals surface area contributed by atoms with Crippen molar-refractivity contribution in [1.29, 1.82) is 0 Å². The van der Waals surface area contributed by atoms with E-state index in [-0.39, 0.29) is 5.56 Å². The van der Waals surface area contributed by atoms with Gasteiger partial charge in [-0.25, -0.2) is 9.37 Å². The Bertz CT molecular complexity index is 892. The highest BCUT2D eigenvalue weighted by atomic mass is 19.1. The molecule has 0 saturated heterocycles. The highest BCUT2D eigenvalue weighted by Crippen LogP contribution is 2.19. The summed E-state index contributed by atoms with van der Waals surface area (Å²) in [4.78, 5) is 25.9. The first kappa shape index (κ1) is 15.3. The van der Waals surface area contributed by atoms with Crippen molar-refractivity contribution in [2.45, 2.75) is 0 Å². The van der Waals surface area contributed by atoms with Crippen LogP contribution in [0, 0.1) is 15.9 Å². The Hall–Kier alpha value is -3.55. The Morgan fingerprint density at radius 3 is 2.54 bits per heavy atom. The van der Waals surface area contributed by atoms with Gasteiger partial charge in [0.15, 0.2) is 0 Å². The monoisotopic (exact) mass is 326 g/mol. The van der Waals surface area contributed by atoms with Crippen molar-refractivity contribution in [3.05, 3.63) is 82.7 Å². The summed E-state index contributed by atoms with van der Waals surface area (Å²) >= 11 is 0. The van der Waals surface area contributed by atoms with Crippen molar-refractivity contribution in [2.24, 2.45) is 0 Å². The molecule has 0 bridgehead atoms. The van der Waals surface area contributed by atoms with Crippen LogP contribution in [-0.4, -0.2) is 20.4 Å². The van der Waals surface area contributed by atoms with Crippen LogP contribution < -0.4 is 5.32 Å². The topological polar surface area (TPSA) is 90.1 Å². The van der Waals surface area contributed by atoms with Gasteiger partial charge in [0.05, 0.1) is 22.9 Å². The molecule has 0 aliphatic rings. The van der Waals surface area contributed by atoms with Crippen molar-refractivity contribution < 1.29 is 14.1 Å². The Morgan fingerprint density at radius 1 is 1.21 bits per heavy atom. The smallest absolute Gasteiger partial charge is 0.272 e. The van der Waals surface area contributed by atoms with E-state index in [9.17, 15) is 19.3 Å². The van der Waals surface area contributed by atoms with E-state index in [2.05, 4.69) is 10.3 Å². The number of nitrogens with one attached hydrogen (secondary N) is 1. The van der Waals surface area contributed by atoms with Gasteiger partial charge in [-0.3, -0.25) is 14.9 Å². The van der Waals surface area contributed by atoms with Gasteiger partial charge in [0.25, 0.3) is 11.6 Å². The van der Waals surface area contributed by atoms with Crippen molar-refractivity contribution >= 4 is 17.3 Å². The molecule has 3 aromatic rings. The number of carbonyl (C=O) groups is 1. The second-order valence-electron chi connectivity index (χ2n) is 4.89. The van der Waals surface area contributed by atoms with E-state index in [4.69, 9.17) is 0 Å². The minimum atomic E-state index is -0.947. The number of benzene rings is 2. The third-order valence-electron chi connectivity index (χ3n) is 3.34. The maximum Gasteiger partial charge on any atom is 0.272 e. The molecule has 0 fully saturated rings. The minimum Gasteiger partial charge on any atom is -0.322 e. The largest absolute Gasteiger partial charge is 0.322 e. The predicted octanol–water partition coefficient (Wildman–Crippen LogP) is 3.17. The molecule has 1 amide bonds. The maximum absolute atomic E-state index is 13.8. The van der Waals surface area contributed by atoms with Crippen LogP contribution in [-0.2, 0) is 0 Å². The number of amides is 1. The second kappa shape index (κ2) is 6.29. The molecule has 1 aromatic heterocycles. The van der Waals surface area contributed by atoms with E-state index in [1.165, 1.54) is 0 Å². The van der Waals surface area contributed by atoms with Gasteiger partial charge in [-0.2, -0.15) is 0 Å². The van der Waals surface area contributed by atoms with Crippen molar-refractivity contribution in [3.8, 4) is 5.69 Å². The lowest BCUT2D eigenvalue weighted by Gasteiger charge is -2.08. The number of halogens is 1. The van der Waals surface area contributed by atoms with Crippen LogP contribution in [0.25, 0.3) is 5.69 Å². The summed E-state index contributed by atoms with van der Waals surface area (Å²) in [6.07, 6.45) is 5.06. The SMILES string of the molecule is O=C(Nc1ccc(-n2ccnc2)cc1)c1ccc([N+](=O)[O-])cc1F. The molecule has 0 spiro atoms. The van der Waals surface area contributed by atoms with Crippen LogP contribution >= 0.6 is 0 Å². The maximum atomic E-state index is 13.8. The first-order valence-electron chi connectivity index (χ1n) is 6.88. The normalized spacial score (nSPS) is 10.4. The lowest BCUT2D eigenvalue weighted by Crippen LogP contribution is -2.14. The molecule has 0 radical (unpaired) electrons. The predicted molar refractivity (Wildman–Crippen MR) is 84.6 cm³/mol. The molecule has 0 unspecified atom stereocenters. The van der Waals surface area contributed by atoms with Crippen molar-refractivity contribution in [3.63, 3.8) is 0 Å². The highest BCUT2D eigenvalue weighted by Gasteiger charge is 2.16. The van der Waals surface area contributed by atoms with Gasteiger partial charge in [-0.1, -0.05) is 0 Å². The van der Waals surface area contributed by atoms with Crippen LogP contribution in [0.15, 0.2) is 61.2 Å². The number of nitro benzene ring substituents is 1. The third kappa shape index (κ3) is 3.12. The quantitative estimate of drug-likeness (QED) is 0.589. The highest BCUT2D eigenvalue weighted by molar-refractivity contribution is 6.04. The average molecular weight is 326 g/mol. The molecule has 24 heavy (non-hydrogen) atoms. The molecule has 0 atom stereocenters. The molecule has 8 heteroatoms. The Morgan fingerprint density at radius 2 is 1.96 bits per heavy atom. The van der Waals surface area contributed by atoms with Crippen molar-refractivity contribution in [1.82, 2.24) is 9.55 Å². The number of anilines is 1. The summed E-state index contributed by atoms with van der Waals surface area (Å²) in [6.45, 7) is 0. The van der Waals surface area contributed by atoms with E-state index in [0.717, 1.165) is 23.9 Å². The fraction of sp³-hybridized carbons (Fsp3) is 0. The van der Waals surface area contributed by atoms with E-state index in [1.807, 2.05) is 0 Å². The minimum absolute atomic E-state index is 0.265. The van der Waals surface area contributed by atoms with E-state index in [0.29, 0.717) is 5.69 Å². The van der Waals surface area contributed by atoms with E-state index < -0.39 is 22.3 Å². The number of hydrogen-bond donors (Lipinski definition) is 1. The van der Waals surface area contributed by atoms with Crippen LogP contribution in [0.5, 0.6) is 0 Å². The molecule has 2 aromatic carbocycles. The summed E-state index contributed by atoms with van der Waals surface area (Å²) in [5.41, 5.74) is 0.654. The van der Waals surface area contributed by atoms with Crippen LogP contribution in [0.2, 0.25) is 0 Å². The summed E-state index contributed by atoms with van der Waals surface area (Å²) in [5.74, 6) is -1.63. The number of non-ortho nitro benzene ring substituents is 1. The molecule has 120 valence electrons. The van der Waals surface area contributed by atoms with E-state index >= 15 is 0 Å². The van der Waals surface area contributed by atoms with Gasteiger partial charge in [0, 0.05) is 29.8 Å². The van der Waals surface area contributed by atoms with Crippen LogP contribution in [0.1, 0.15) is 10.4 Å². The fourth-order valence-corrected chi connectivity index (χ4v) is 2.13. The fourth-order valence-electron chi connectivity index (χ4n) is 2.13. The molecular weight excluding hydrogens is 315 g/mol. The zero-order valence-electron chi connectivity index (χ0n) is 12.2. The molecule has 1 heterocycles. The van der Waals surface area contributed by atoms with Crippen LogP contribution in [0.4, 0.5) is 15.8 Å². The van der Waals surface area contributed by atoms with Gasteiger partial charge in [-0.05, 0) is 30.3 Å². The van der Waals surface area contributed by atoms with Crippen LogP contribution in [0.3, 0.4) is 0 Å². The van der Waals surface area contributed by atoms with Gasteiger partial charge in [0.1, 0.15) is 5.82 Å². The Kier molecular flexibility index (Phi) is 4.02. The lowest BCUT2D eigenvalue weighted by molar-refractivity contribution is -0.385. The standard InChI is InChI=1S/C16H11FN4O3/c17-15-9-13(21(23)24)5-6-14(15)16(22)19-11-1-3-12(4-2-11)20-8-7-18-10-20/h1-10H,(H,19,22). The number of rotatable bonds is 4. The molecule has 3 rings (SSSR count). The molecule has 7 nitrogen and oxygen atoms in total. The first-order chi connectivity index (χ1) is 11.5. The molecule has 0 saturated carbocycles. The van der Waals surface area contributed by atoms with Crippen molar-refractivity contribution in [2.75, 3.05) is 5.32 Å². The third-order valence-corrected chi connectivity index (χ3v) is 3.34. The summed E-state index contributed by atoms with van der Waals surface area (Å²) in [5, 5.41) is 13.1. The average Bonchev–Trinajstić information content (AvgIpc) is 3.09. The molecule has 0 aliphatic heterocycles.